The van der Waals surface area contributed by atoms with Crippen LogP contribution in [0.4, 0.5) is 0 Å². The smallest absolute Gasteiger partial charge is 0.303 e. The average Bonchev–Trinajstić information content (AvgIpc) is 3.04. The van der Waals surface area contributed by atoms with Gasteiger partial charge in [0.15, 0.2) is 5.78 Å². The number of ether oxygens (including phenoxy) is 1. The number of hydrogen-bond donors (Lipinski definition) is 5. The molecule has 0 aromatic rings. The number of carbonyl (C=O) groups excluding carboxylic acids is 2. The van der Waals surface area contributed by atoms with Crippen molar-refractivity contribution < 1.29 is 39.9 Å². The van der Waals surface area contributed by atoms with E-state index in [0.29, 0.717) is 44.1 Å². The van der Waals surface area contributed by atoms with E-state index in [1.54, 1.807) is 26.8 Å². The fraction of sp³-hybridized carbons (Fsp3) is 0.862. The third-order valence-corrected chi connectivity index (χ3v) is 10.8. The number of ketones is 1. The Hall–Kier alpha value is -1.32. The molecule has 8 nitrogen and oxygen atoms in total. The van der Waals surface area contributed by atoms with Gasteiger partial charge >= 0.3 is 5.97 Å². The van der Waals surface area contributed by atoms with E-state index >= 15 is 0 Å². The van der Waals surface area contributed by atoms with Crippen molar-refractivity contribution in [3.8, 4) is 0 Å². The van der Waals surface area contributed by atoms with Gasteiger partial charge in [-0.05, 0) is 101 Å². The maximum absolute atomic E-state index is 13.4. The molecule has 5 N–H and O–H groups in total. The molecule has 3 saturated carbocycles. The molecule has 0 aliphatic heterocycles. The van der Waals surface area contributed by atoms with E-state index in [1.165, 1.54) is 6.92 Å². The molecule has 210 valence electrons. The Morgan fingerprint density at radius 2 is 1.76 bits per heavy atom. The van der Waals surface area contributed by atoms with Crippen LogP contribution in [-0.2, 0) is 14.3 Å². The number of allylic oxidation sites excluding steroid dienone is 1. The van der Waals surface area contributed by atoms with Crippen molar-refractivity contribution in [3.05, 3.63) is 11.6 Å². The predicted octanol–water partition coefficient (Wildman–Crippen LogP) is 2.42. The summed E-state index contributed by atoms with van der Waals surface area (Å²) < 4.78 is 5.61. The van der Waals surface area contributed by atoms with Gasteiger partial charge in [-0.25, -0.2) is 0 Å². The SMILES string of the molecule is CC(=O)OC(CCC(C)(C)O)C(C)(O)C1CCC2(O)C3=CC(=O)C4CC(O)C(O)CC4(C)C3CCC12C. The zero-order valence-corrected chi connectivity index (χ0v) is 23.2. The van der Waals surface area contributed by atoms with Crippen LogP contribution in [0.3, 0.4) is 0 Å². The monoisotopic (exact) mass is 522 g/mol. The van der Waals surface area contributed by atoms with Crippen molar-refractivity contribution in [2.24, 2.45) is 28.6 Å². The van der Waals surface area contributed by atoms with Gasteiger partial charge in [0.2, 0.25) is 0 Å². The molecule has 0 aromatic carbocycles. The van der Waals surface area contributed by atoms with Crippen LogP contribution >= 0.6 is 0 Å². The van der Waals surface area contributed by atoms with Crippen molar-refractivity contribution in [2.45, 2.75) is 128 Å². The molecular weight excluding hydrogens is 476 g/mol. The van der Waals surface area contributed by atoms with E-state index < -0.39 is 63.8 Å². The van der Waals surface area contributed by atoms with Gasteiger partial charge in [0.1, 0.15) is 11.7 Å². The summed E-state index contributed by atoms with van der Waals surface area (Å²) in [5.74, 6) is -1.56. The van der Waals surface area contributed by atoms with Gasteiger partial charge in [-0.3, -0.25) is 9.59 Å². The number of fused-ring (bicyclic) bond motifs is 5. The molecule has 0 saturated heterocycles. The molecule has 0 heterocycles. The first-order chi connectivity index (χ1) is 16.9. The summed E-state index contributed by atoms with van der Waals surface area (Å²) in [4.78, 5) is 25.3. The molecule has 10 unspecified atom stereocenters. The van der Waals surface area contributed by atoms with Crippen LogP contribution in [0.5, 0.6) is 0 Å². The fourth-order valence-electron chi connectivity index (χ4n) is 8.69. The largest absolute Gasteiger partial charge is 0.459 e. The Bertz CT molecular complexity index is 965. The minimum Gasteiger partial charge on any atom is -0.459 e. The summed E-state index contributed by atoms with van der Waals surface area (Å²) in [5.41, 5.74) is -4.45. The molecule has 0 amide bonds. The first-order valence-corrected chi connectivity index (χ1v) is 13.8. The standard InChI is InChI=1S/C29H46O8/c1-16(30)37-24(9-10-25(2,3)34)28(6,35)23-8-12-29(36)18-13-20(31)19-14-21(32)22(33)15-26(19,4)17(18)7-11-27(23,29)5/h13,17,19,21-24,32-36H,7-12,14-15H2,1-6H3. The number of hydrogen-bond acceptors (Lipinski definition) is 8. The predicted molar refractivity (Wildman–Crippen MR) is 136 cm³/mol. The number of rotatable bonds is 6. The highest BCUT2D eigenvalue weighted by molar-refractivity contribution is 5.95. The molecule has 8 heteroatoms. The highest BCUT2D eigenvalue weighted by Gasteiger charge is 2.69. The van der Waals surface area contributed by atoms with Gasteiger partial charge in [-0.15, -0.1) is 0 Å². The number of aliphatic hydroxyl groups is 5. The molecule has 37 heavy (non-hydrogen) atoms. The maximum atomic E-state index is 13.4. The van der Waals surface area contributed by atoms with Crippen molar-refractivity contribution in [3.63, 3.8) is 0 Å². The van der Waals surface area contributed by atoms with Crippen LogP contribution < -0.4 is 0 Å². The number of esters is 1. The molecule has 10 atom stereocenters. The van der Waals surface area contributed by atoms with Crippen LogP contribution in [0.25, 0.3) is 0 Å². The van der Waals surface area contributed by atoms with Crippen molar-refractivity contribution in [2.75, 3.05) is 0 Å². The highest BCUT2D eigenvalue weighted by Crippen LogP contribution is 2.68. The Morgan fingerprint density at radius 1 is 1.11 bits per heavy atom. The van der Waals surface area contributed by atoms with Gasteiger partial charge in [0.05, 0.1) is 23.4 Å². The Labute approximate surface area is 220 Å². The van der Waals surface area contributed by atoms with E-state index in [2.05, 4.69) is 0 Å². The molecule has 4 aliphatic rings. The molecule has 0 spiro atoms. The first kappa shape index (κ1) is 28.7. The lowest BCUT2D eigenvalue weighted by Gasteiger charge is -2.60. The summed E-state index contributed by atoms with van der Waals surface area (Å²) in [6.07, 6.45) is 2.13. The molecule has 0 aromatic heterocycles. The summed E-state index contributed by atoms with van der Waals surface area (Å²) in [6.45, 7) is 10.3. The minimum atomic E-state index is -1.47. The quantitative estimate of drug-likeness (QED) is 0.335. The summed E-state index contributed by atoms with van der Waals surface area (Å²) in [6, 6.07) is 0. The van der Waals surface area contributed by atoms with Crippen molar-refractivity contribution in [1.82, 2.24) is 0 Å². The van der Waals surface area contributed by atoms with Crippen LogP contribution in [0.15, 0.2) is 11.6 Å². The second-order valence-corrected chi connectivity index (χ2v) is 13.8. The zero-order chi connectivity index (χ0) is 27.8. The van der Waals surface area contributed by atoms with E-state index in [1.807, 2.05) is 13.8 Å². The molecule has 0 bridgehead atoms. The highest BCUT2D eigenvalue weighted by atomic mass is 16.6. The Kier molecular flexibility index (Phi) is 7.07. The fourth-order valence-corrected chi connectivity index (χ4v) is 8.69. The van der Waals surface area contributed by atoms with Gasteiger partial charge in [-0.1, -0.05) is 13.8 Å². The molecule has 4 aliphatic carbocycles. The minimum absolute atomic E-state index is 0.112. The van der Waals surface area contributed by atoms with Crippen molar-refractivity contribution >= 4 is 11.8 Å². The second-order valence-electron chi connectivity index (χ2n) is 13.8. The van der Waals surface area contributed by atoms with Gasteiger partial charge < -0.3 is 30.3 Å². The first-order valence-electron chi connectivity index (χ1n) is 13.8. The summed E-state index contributed by atoms with van der Waals surface area (Å²) in [7, 11) is 0. The average molecular weight is 523 g/mol. The third-order valence-electron chi connectivity index (χ3n) is 10.8. The lowest BCUT2D eigenvalue weighted by molar-refractivity contribution is -0.192. The van der Waals surface area contributed by atoms with Crippen LogP contribution in [0.1, 0.15) is 92.9 Å². The van der Waals surface area contributed by atoms with Crippen LogP contribution in [0.2, 0.25) is 0 Å². The van der Waals surface area contributed by atoms with Gasteiger partial charge in [0, 0.05) is 18.3 Å². The number of aliphatic hydroxyl groups excluding tert-OH is 2. The molecule has 4 rings (SSSR count). The molecule has 0 radical (unpaired) electrons. The van der Waals surface area contributed by atoms with Gasteiger partial charge in [-0.2, -0.15) is 0 Å². The van der Waals surface area contributed by atoms with E-state index in [9.17, 15) is 35.1 Å². The molecular formula is C29H46O8. The van der Waals surface area contributed by atoms with Crippen LogP contribution in [-0.4, -0.2) is 72.4 Å². The lowest BCUT2D eigenvalue weighted by Crippen LogP contribution is -2.63. The maximum Gasteiger partial charge on any atom is 0.303 e. The number of carbonyl (C=O) groups is 2. The zero-order valence-electron chi connectivity index (χ0n) is 23.2. The topological polar surface area (TPSA) is 145 Å². The van der Waals surface area contributed by atoms with E-state index in [-0.39, 0.29) is 24.5 Å². The third kappa shape index (κ3) is 4.50. The van der Waals surface area contributed by atoms with E-state index in [0.717, 1.165) is 0 Å². The Balaban J connectivity index is 1.69. The van der Waals surface area contributed by atoms with Crippen LogP contribution in [0, 0.1) is 28.6 Å². The van der Waals surface area contributed by atoms with Crippen molar-refractivity contribution in [1.29, 1.82) is 0 Å². The van der Waals surface area contributed by atoms with E-state index in [4.69, 9.17) is 4.74 Å². The van der Waals surface area contributed by atoms with Gasteiger partial charge in [0.25, 0.3) is 0 Å². The molecule has 3 fully saturated rings. The normalized spacial score (nSPS) is 44.1. The second kappa shape index (κ2) is 9.12. The lowest BCUT2D eigenvalue weighted by atomic mass is 9.45. The Morgan fingerprint density at radius 3 is 2.35 bits per heavy atom. The summed E-state index contributed by atoms with van der Waals surface area (Å²) >= 11 is 0. The summed E-state index contributed by atoms with van der Waals surface area (Å²) in [5, 5.41) is 55.4.